The number of hydrogen-bond donors (Lipinski definition) is 1. The summed E-state index contributed by atoms with van der Waals surface area (Å²) in [5.41, 5.74) is 0. The van der Waals surface area contributed by atoms with Crippen LogP contribution in [-0.2, 0) is 4.89 Å². The molecular weight excluding hydrogens is 152 g/mol. The summed E-state index contributed by atoms with van der Waals surface area (Å²) in [5.74, 6) is 3.05. The van der Waals surface area contributed by atoms with Gasteiger partial charge in [0.15, 0.2) is 0 Å². The van der Waals surface area contributed by atoms with E-state index in [1.165, 1.54) is 19.3 Å². The smallest absolute Gasteiger partial charge is 0.114 e. The lowest BCUT2D eigenvalue weighted by Crippen LogP contribution is -2.27. The van der Waals surface area contributed by atoms with Crippen molar-refractivity contribution in [2.24, 2.45) is 23.7 Å². The first-order valence-electron chi connectivity index (χ1n) is 4.88. The largest absolute Gasteiger partial charge is 0.251 e. The topological polar surface area (TPSA) is 29.5 Å². The molecule has 0 amide bonds. The third-order valence-corrected chi connectivity index (χ3v) is 4.07. The van der Waals surface area contributed by atoms with Crippen molar-refractivity contribution in [3.05, 3.63) is 12.2 Å². The predicted molar refractivity (Wildman–Crippen MR) is 44.5 cm³/mol. The van der Waals surface area contributed by atoms with E-state index in [4.69, 9.17) is 5.26 Å². The first-order chi connectivity index (χ1) is 5.90. The Morgan fingerprint density at radius 3 is 2.83 bits per heavy atom. The van der Waals surface area contributed by atoms with E-state index in [9.17, 15) is 0 Å². The molecular formula is C10H14O2. The maximum Gasteiger partial charge on any atom is 0.114 e. The normalized spacial score (nSPS) is 54.9. The third-order valence-electron chi connectivity index (χ3n) is 4.07. The van der Waals surface area contributed by atoms with Crippen LogP contribution in [0.25, 0.3) is 0 Å². The van der Waals surface area contributed by atoms with Crippen LogP contribution in [0.1, 0.15) is 19.3 Å². The van der Waals surface area contributed by atoms with Crippen LogP contribution in [-0.4, -0.2) is 11.4 Å². The Labute approximate surface area is 72.2 Å². The van der Waals surface area contributed by atoms with E-state index < -0.39 is 0 Å². The van der Waals surface area contributed by atoms with Crippen LogP contribution < -0.4 is 0 Å². The van der Waals surface area contributed by atoms with Crippen LogP contribution >= 0.6 is 0 Å². The summed E-state index contributed by atoms with van der Waals surface area (Å²) in [6.07, 6.45) is 8.43. The second-order valence-corrected chi connectivity index (χ2v) is 4.44. The lowest BCUT2D eigenvalue weighted by Gasteiger charge is -2.27. The first-order valence-corrected chi connectivity index (χ1v) is 4.88. The highest BCUT2D eigenvalue weighted by molar-refractivity contribution is 5.16. The highest BCUT2D eigenvalue weighted by Gasteiger charge is 2.51. The molecule has 0 aromatic carbocycles. The number of fused-ring (bicyclic) bond motifs is 5. The summed E-state index contributed by atoms with van der Waals surface area (Å²) in [6.45, 7) is 0. The van der Waals surface area contributed by atoms with Gasteiger partial charge in [0.05, 0.1) is 0 Å². The first kappa shape index (κ1) is 7.10. The van der Waals surface area contributed by atoms with Gasteiger partial charge in [-0.15, -0.1) is 0 Å². The van der Waals surface area contributed by atoms with Crippen molar-refractivity contribution >= 4 is 0 Å². The molecule has 3 rings (SSSR count). The van der Waals surface area contributed by atoms with E-state index >= 15 is 0 Å². The number of allylic oxidation sites excluding steroid dienone is 1. The predicted octanol–water partition coefficient (Wildman–Crippen LogP) is 2.08. The molecule has 2 fully saturated rings. The zero-order valence-corrected chi connectivity index (χ0v) is 7.02. The van der Waals surface area contributed by atoms with E-state index in [1.54, 1.807) is 0 Å². The quantitative estimate of drug-likeness (QED) is 0.367. The monoisotopic (exact) mass is 166 g/mol. The molecule has 66 valence electrons. The fourth-order valence-electron chi connectivity index (χ4n) is 3.62. The van der Waals surface area contributed by atoms with Crippen LogP contribution in [0, 0.1) is 23.7 Å². The molecule has 0 unspecified atom stereocenters. The summed E-state index contributed by atoms with van der Waals surface area (Å²) >= 11 is 0. The minimum atomic E-state index is 0.00491. The zero-order valence-electron chi connectivity index (χ0n) is 7.02. The van der Waals surface area contributed by atoms with Crippen LogP contribution in [0.4, 0.5) is 0 Å². The minimum absolute atomic E-state index is 0.00491. The molecule has 2 saturated carbocycles. The van der Waals surface area contributed by atoms with E-state index in [1.807, 2.05) is 6.08 Å². The molecule has 2 nitrogen and oxygen atoms in total. The standard InChI is InChI=1S/C10H14O2/c11-12-9-4-3-8-6-1-2-7(5-6)10(8)9/h3-4,6-11H,1-2,5H2/t6-,7+,8-,9+,10+/m1/s1. The molecule has 2 heteroatoms. The van der Waals surface area contributed by atoms with Crippen LogP contribution in [0.2, 0.25) is 0 Å². The summed E-state index contributed by atoms with van der Waals surface area (Å²) < 4.78 is 0. The molecule has 2 bridgehead atoms. The minimum Gasteiger partial charge on any atom is -0.251 e. The van der Waals surface area contributed by atoms with E-state index in [2.05, 4.69) is 11.0 Å². The van der Waals surface area contributed by atoms with Gasteiger partial charge in [0, 0.05) is 5.92 Å². The molecule has 0 saturated heterocycles. The highest BCUT2D eigenvalue weighted by Crippen LogP contribution is 2.56. The lowest BCUT2D eigenvalue weighted by atomic mass is 9.80. The van der Waals surface area contributed by atoms with Crippen molar-refractivity contribution in [3.63, 3.8) is 0 Å². The van der Waals surface area contributed by atoms with Gasteiger partial charge in [0.25, 0.3) is 0 Å². The summed E-state index contributed by atoms with van der Waals surface area (Å²) in [7, 11) is 0. The van der Waals surface area contributed by atoms with Gasteiger partial charge >= 0.3 is 0 Å². The second-order valence-electron chi connectivity index (χ2n) is 4.44. The Hall–Kier alpha value is -0.340. The Bertz CT molecular complexity index is 224. The molecule has 5 atom stereocenters. The molecule has 1 N–H and O–H groups in total. The van der Waals surface area contributed by atoms with Gasteiger partial charge in [-0.05, 0) is 37.0 Å². The van der Waals surface area contributed by atoms with Crippen LogP contribution in [0.15, 0.2) is 12.2 Å². The molecule has 0 aromatic rings. The van der Waals surface area contributed by atoms with Crippen molar-refractivity contribution in [2.45, 2.75) is 25.4 Å². The second kappa shape index (κ2) is 2.33. The van der Waals surface area contributed by atoms with Gasteiger partial charge in [0.2, 0.25) is 0 Å². The van der Waals surface area contributed by atoms with Crippen molar-refractivity contribution in [2.75, 3.05) is 0 Å². The summed E-state index contributed by atoms with van der Waals surface area (Å²) in [5, 5.41) is 8.69. The maximum absolute atomic E-state index is 8.69. The molecule has 0 aliphatic heterocycles. The third kappa shape index (κ3) is 0.723. The molecule has 3 aliphatic carbocycles. The van der Waals surface area contributed by atoms with Gasteiger partial charge < -0.3 is 0 Å². The molecule has 0 aromatic heterocycles. The van der Waals surface area contributed by atoms with Crippen LogP contribution in [0.3, 0.4) is 0 Å². The van der Waals surface area contributed by atoms with E-state index in [0.29, 0.717) is 5.92 Å². The molecule has 3 aliphatic rings. The average molecular weight is 166 g/mol. The van der Waals surface area contributed by atoms with Crippen molar-refractivity contribution < 1.29 is 10.1 Å². The zero-order chi connectivity index (χ0) is 8.13. The van der Waals surface area contributed by atoms with Crippen molar-refractivity contribution in [1.29, 1.82) is 0 Å². The molecule has 12 heavy (non-hydrogen) atoms. The lowest BCUT2D eigenvalue weighted by molar-refractivity contribution is -0.279. The SMILES string of the molecule is OO[C@H]1C=C[C@@H]2[C@@H]3CC[C@@H](C3)[C@@H]21. The van der Waals surface area contributed by atoms with Gasteiger partial charge in [-0.3, -0.25) is 5.26 Å². The molecule has 0 radical (unpaired) electrons. The van der Waals surface area contributed by atoms with Gasteiger partial charge in [-0.25, -0.2) is 4.89 Å². The van der Waals surface area contributed by atoms with Crippen molar-refractivity contribution in [1.82, 2.24) is 0 Å². The Kier molecular flexibility index (Phi) is 1.38. The fraction of sp³-hybridized carbons (Fsp3) is 0.800. The van der Waals surface area contributed by atoms with Crippen molar-refractivity contribution in [3.8, 4) is 0 Å². The van der Waals surface area contributed by atoms with Gasteiger partial charge in [0.1, 0.15) is 6.10 Å². The summed E-state index contributed by atoms with van der Waals surface area (Å²) in [6, 6.07) is 0. The maximum atomic E-state index is 8.69. The Morgan fingerprint density at radius 1 is 1.17 bits per heavy atom. The Balaban J connectivity index is 1.89. The van der Waals surface area contributed by atoms with Gasteiger partial charge in [-0.2, -0.15) is 0 Å². The number of hydrogen-bond acceptors (Lipinski definition) is 2. The Morgan fingerprint density at radius 2 is 2.00 bits per heavy atom. The molecule has 0 heterocycles. The average Bonchev–Trinajstić information content (AvgIpc) is 2.76. The van der Waals surface area contributed by atoms with Gasteiger partial charge in [-0.1, -0.05) is 12.2 Å². The van der Waals surface area contributed by atoms with E-state index in [0.717, 1.165) is 17.8 Å². The molecule has 0 spiro atoms. The fourth-order valence-corrected chi connectivity index (χ4v) is 3.62. The highest BCUT2D eigenvalue weighted by atomic mass is 17.1. The summed E-state index contributed by atoms with van der Waals surface area (Å²) in [4.78, 5) is 4.49. The van der Waals surface area contributed by atoms with E-state index in [-0.39, 0.29) is 6.10 Å². The number of rotatable bonds is 1. The van der Waals surface area contributed by atoms with Crippen LogP contribution in [0.5, 0.6) is 0 Å².